The van der Waals surface area contributed by atoms with Crippen LogP contribution in [0.3, 0.4) is 0 Å². The van der Waals surface area contributed by atoms with E-state index in [1.807, 2.05) is 0 Å². The fraction of sp³-hybridized carbons (Fsp3) is 0.263. The second-order valence-electron chi connectivity index (χ2n) is 5.72. The van der Waals surface area contributed by atoms with Crippen LogP contribution in [0.5, 0.6) is 17.2 Å². The summed E-state index contributed by atoms with van der Waals surface area (Å²) in [5.74, 6) is -0.0853. The predicted octanol–water partition coefficient (Wildman–Crippen LogP) is 5.73. The van der Waals surface area contributed by atoms with Crippen molar-refractivity contribution >= 4 is 46.6 Å². The average Bonchev–Trinajstić information content (AvgIpc) is 2.59. The molecule has 0 aliphatic heterocycles. The lowest BCUT2D eigenvalue weighted by Crippen LogP contribution is -2.31. The first-order valence-corrected chi connectivity index (χ1v) is 9.11. The van der Waals surface area contributed by atoms with Crippen molar-refractivity contribution in [3.05, 3.63) is 51.5 Å². The van der Waals surface area contributed by atoms with Gasteiger partial charge in [-0.1, -0.05) is 34.8 Å². The van der Waals surface area contributed by atoms with E-state index in [0.717, 1.165) is 0 Å². The number of halogens is 3. The van der Waals surface area contributed by atoms with Crippen LogP contribution in [-0.4, -0.2) is 24.0 Å². The van der Waals surface area contributed by atoms with E-state index in [1.165, 1.54) is 32.9 Å². The molecule has 0 aromatic heterocycles. The van der Waals surface area contributed by atoms with Gasteiger partial charge in [0.05, 0.1) is 5.02 Å². The van der Waals surface area contributed by atoms with E-state index in [0.29, 0.717) is 26.6 Å². The van der Waals surface area contributed by atoms with Crippen molar-refractivity contribution in [3.8, 4) is 17.2 Å². The molecule has 2 unspecified atom stereocenters. The van der Waals surface area contributed by atoms with E-state index in [4.69, 9.17) is 49.0 Å². The highest BCUT2D eigenvalue weighted by molar-refractivity contribution is 6.35. The van der Waals surface area contributed by atoms with E-state index in [-0.39, 0.29) is 11.5 Å². The third-order valence-corrected chi connectivity index (χ3v) is 4.29. The standard InChI is InChI=1S/C19H17Cl3O5/c1-10(23)11(2)26-19(24)12(3)25-18-9-14(21)5-7-17(18)27-16-6-4-13(20)8-15(16)22/h4-9,11-12H,1-3H3. The maximum Gasteiger partial charge on any atom is 0.347 e. The monoisotopic (exact) mass is 430 g/mol. The van der Waals surface area contributed by atoms with Crippen molar-refractivity contribution in [3.63, 3.8) is 0 Å². The third kappa shape index (κ3) is 6.03. The molecule has 2 rings (SSSR count). The van der Waals surface area contributed by atoms with Crippen LogP contribution in [0, 0.1) is 0 Å². The molecule has 2 aromatic carbocycles. The van der Waals surface area contributed by atoms with Gasteiger partial charge in [-0.3, -0.25) is 4.79 Å². The van der Waals surface area contributed by atoms with Crippen molar-refractivity contribution in [2.75, 3.05) is 0 Å². The van der Waals surface area contributed by atoms with Gasteiger partial charge in [0.2, 0.25) is 0 Å². The predicted molar refractivity (Wildman–Crippen MR) is 104 cm³/mol. The Morgan fingerprint density at radius 3 is 2.04 bits per heavy atom. The minimum absolute atomic E-state index is 0.216. The smallest absolute Gasteiger partial charge is 0.347 e. The summed E-state index contributed by atoms with van der Waals surface area (Å²) in [7, 11) is 0. The Kier molecular flexibility index (Phi) is 7.36. The molecule has 0 amide bonds. The number of ether oxygens (including phenoxy) is 3. The quantitative estimate of drug-likeness (QED) is 0.524. The summed E-state index contributed by atoms with van der Waals surface area (Å²) in [5.41, 5.74) is 0. The number of ketones is 1. The molecule has 27 heavy (non-hydrogen) atoms. The van der Waals surface area contributed by atoms with Crippen LogP contribution in [0.4, 0.5) is 0 Å². The van der Waals surface area contributed by atoms with Crippen molar-refractivity contribution in [2.24, 2.45) is 0 Å². The zero-order valence-corrected chi connectivity index (χ0v) is 17.1. The molecule has 0 aliphatic carbocycles. The molecule has 2 aromatic rings. The van der Waals surface area contributed by atoms with Crippen LogP contribution in [0.2, 0.25) is 15.1 Å². The van der Waals surface area contributed by atoms with E-state index in [9.17, 15) is 9.59 Å². The molecular weight excluding hydrogens is 415 g/mol. The number of hydrogen-bond acceptors (Lipinski definition) is 5. The first-order valence-electron chi connectivity index (χ1n) is 7.97. The summed E-state index contributed by atoms with van der Waals surface area (Å²) < 4.78 is 16.5. The van der Waals surface area contributed by atoms with Crippen molar-refractivity contribution in [1.29, 1.82) is 0 Å². The molecule has 0 saturated carbocycles. The van der Waals surface area contributed by atoms with Gasteiger partial charge in [0, 0.05) is 16.1 Å². The van der Waals surface area contributed by atoms with Crippen molar-refractivity contribution in [1.82, 2.24) is 0 Å². The van der Waals surface area contributed by atoms with Gasteiger partial charge in [-0.15, -0.1) is 0 Å². The molecule has 8 heteroatoms. The fourth-order valence-corrected chi connectivity index (χ4v) is 2.54. The van der Waals surface area contributed by atoms with Crippen LogP contribution in [0.15, 0.2) is 36.4 Å². The first-order chi connectivity index (χ1) is 12.7. The van der Waals surface area contributed by atoms with E-state index in [2.05, 4.69) is 0 Å². The van der Waals surface area contributed by atoms with Gasteiger partial charge in [-0.25, -0.2) is 4.79 Å². The van der Waals surface area contributed by atoms with E-state index >= 15 is 0 Å². The molecule has 0 bridgehead atoms. The molecule has 0 fully saturated rings. The highest BCUT2D eigenvalue weighted by atomic mass is 35.5. The van der Waals surface area contributed by atoms with E-state index in [1.54, 1.807) is 24.3 Å². The zero-order chi connectivity index (χ0) is 20.1. The lowest BCUT2D eigenvalue weighted by Gasteiger charge is -2.19. The lowest BCUT2D eigenvalue weighted by atomic mass is 10.3. The highest BCUT2D eigenvalue weighted by Crippen LogP contribution is 2.38. The van der Waals surface area contributed by atoms with Gasteiger partial charge in [-0.2, -0.15) is 0 Å². The van der Waals surface area contributed by atoms with Gasteiger partial charge in [0.1, 0.15) is 5.75 Å². The lowest BCUT2D eigenvalue weighted by molar-refractivity contribution is -0.159. The summed E-state index contributed by atoms with van der Waals surface area (Å²) in [6.07, 6.45) is -1.85. The molecule has 0 heterocycles. The maximum absolute atomic E-state index is 12.1. The normalized spacial score (nSPS) is 12.8. The number of carbonyl (C=O) groups is 2. The molecular formula is C19H17Cl3O5. The third-order valence-electron chi connectivity index (χ3n) is 3.52. The first kappa shape index (κ1) is 21.4. The zero-order valence-electron chi connectivity index (χ0n) is 14.8. The molecule has 0 radical (unpaired) electrons. The number of hydrogen-bond donors (Lipinski definition) is 0. The number of Topliss-reactive ketones (excluding diaryl/α,β-unsaturated/α-hetero) is 1. The van der Waals surface area contributed by atoms with Crippen molar-refractivity contribution in [2.45, 2.75) is 33.0 Å². The van der Waals surface area contributed by atoms with Crippen LogP contribution in [0.25, 0.3) is 0 Å². The highest BCUT2D eigenvalue weighted by Gasteiger charge is 2.23. The Hall–Kier alpha value is -1.95. The summed E-state index contributed by atoms with van der Waals surface area (Å²) in [6.45, 7) is 4.32. The molecule has 0 spiro atoms. The minimum Gasteiger partial charge on any atom is -0.475 e. The molecule has 144 valence electrons. The summed E-state index contributed by atoms with van der Waals surface area (Å²) in [5, 5.41) is 1.17. The summed E-state index contributed by atoms with van der Waals surface area (Å²) in [4.78, 5) is 23.3. The average molecular weight is 432 g/mol. The number of benzene rings is 2. The minimum atomic E-state index is -0.992. The Balaban J connectivity index is 2.20. The molecule has 0 N–H and O–H groups in total. The van der Waals surface area contributed by atoms with Crippen LogP contribution >= 0.6 is 34.8 Å². The Bertz CT molecular complexity index is 853. The Morgan fingerprint density at radius 1 is 0.852 bits per heavy atom. The summed E-state index contributed by atoms with van der Waals surface area (Å²) >= 11 is 18.0. The topological polar surface area (TPSA) is 61.8 Å². The van der Waals surface area contributed by atoms with Crippen LogP contribution < -0.4 is 9.47 Å². The number of carbonyl (C=O) groups excluding carboxylic acids is 2. The summed E-state index contributed by atoms with van der Waals surface area (Å²) in [6, 6.07) is 9.46. The molecule has 5 nitrogen and oxygen atoms in total. The van der Waals surface area contributed by atoms with Crippen LogP contribution in [-0.2, 0) is 14.3 Å². The Morgan fingerprint density at radius 2 is 1.44 bits per heavy atom. The largest absolute Gasteiger partial charge is 0.475 e. The van der Waals surface area contributed by atoms with Gasteiger partial charge >= 0.3 is 5.97 Å². The van der Waals surface area contributed by atoms with Crippen LogP contribution in [0.1, 0.15) is 20.8 Å². The fourth-order valence-electron chi connectivity index (χ4n) is 1.93. The molecule has 2 atom stereocenters. The van der Waals surface area contributed by atoms with Gasteiger partial charge in [0.15, 0.2) is 29.5 Å². The molecule has 0 saturated heterocycles. The molecule has 0 aliphatic rings. The number of esters is 1. The van der Waals surface area contributed by atoms with E-state index < -0.39 is 18.2 Å². The van der Waals surface area contributed by atoms with Gasteiger partial charge in [-0.05, 0) is 51.1 Å². The number of rotatable bonds is 7. The Labute approximate surface area is 172 Å². The van der Waals surface area contributed by atoms with Gasteiger partial charge in [0.25, 0.3) is 0 Å². The second kappa shape index (κ2) is 9.31. The second-order valence-corrected chi connectivity index (χ2v) is 7.00. The van der Waals surface area contributed by atoms with Crippen molar-refractivity contribution < 1.29 is 23.8 Å². The maximum atomic E-state index is 12.1. The SMILES string of the molecule is CC(=O)C(C)OC(=O)C(C)Oc1cc(Cl)ccc1Oc1ccc(Cl)cc1Cl. The van der Waals surface area contributed by atoms with Gasteiger partial charge < -0.3 is 14.2 Å².